The molecule has 28 heavy (non-hydrogen) atoms. The maximum atomic E-state index is 9.84. The predicted octanol–water partition coefficient (Wildman–Crippen LogP) is 4.46. The number of fused-ring (bicyclic) bond motifs is 6. The van der Waals surface area contributed by atoms with Gasteiger partial charge in [0.1, 0.15) is 24.7 Å². The van der Waals surface area contributed by atoms with Crippen LogP contribution in [0.25, 0.3) is 10.8 Å². The van der Waals surface area contributed by atoms with Crippen LogP contribution in [0.15, 0.2) is 18.2 Å². The van der Waals surface area contributed by atoms with Gasteiger partial charge in [0.15, 0.2) is 0 Å². The van der Waals surface area contributed by atoms with Crippen LogP contribution in [0, 0.1) is 0 Å². The van der Waals surface area contributed by atoms with Gasteiger partial charge in [-0.15, -0.1) is 0 Å². The molecule has 0 saturated heterocycles. The standard InChI is InChI=1S/C24H32O4/c1-5-16-6-7-18-19(10-16)22(27-12-14(2)25)20-17-8-9-24(4,11-17)21(20)23(18)28-13-15(3)26/h6-7,10,14-15,17,25-26H,5,8-9,11-13H2,1-4H3. The van der Waals surface area contributed by atoms with Crippen molar-refractivity contribution in [1.82, 2.24) is 0 Å². The van der Waals surface area contributed by atoms with E-state index in [4.69, 9.17) is 9.47 Å². The van der Waals surface area contributed by atoms with Gasteiger partial charge in [-0.05, 0) is 62.5 Å². The molecule has 0 aliphatic heterocycles. The summed E-state index contributed by atoms with van der Waals surface area (Å²) in [6.07, 6.45) is 3.37. The second kappa shape index (κ2) is 7.23. The van der Waals surface area contributed by atoms with Crippen molar-refractivity contribution in [2.24, 2.45) is 0 Å². The average molecular weight is 385 g/mol. The molecule has 4 unspecified atom stereocenters. The lowest BCUT2D eigenvalue weighted by atomic mass is 9.78. The largest absolute Gasteiger partial charge is 0.490 e. The minimum atomic E-state index is -0.516. The lowest BCUT2D eigenvalue weighted by molar-refractivity contribution is 0.120. The van der Waals surface area contributed by atoms with Crippen LogP contribution >= 0.6 is 0 Å². The number of aliphatic hydroxyl groups excluding tert-OH is 2. The third-order valence-electron chi connectivity index (χ3n) is 6.41. The molecule has 0 radical (unpaired) electrons. The molecule has 1 saturated carbocycles. The van der Waals surface area contributed by atoms with Crippen LogP contribution in [0.1, 0.15) is 69.6 Å². The zero-order chi connectivity index (χ0) is 20.1. The summed E-state index contributed by atoms with van der Waals surface area (Å²) in [5, 5.41) is 21.8. The van der Waals surface area contributed by atoms with E-state index in [-0.39, 0.29) is 18.6 Å². The van der Waals surface area contributed by atoms with Gasteiger partial charge in [0, 0.05) is 21.9 Å². The monoisotopic (exact) mass is 384 g/mol. The smallest absolute Gasteiger partial charge is 0.131 e. The van der Waals surface area contributed by atoms with Crippen LogP contribution in [0.5, 0.6) is 11.5 Å². The van der Waals surface area contributed by atoms with Crippen LogP contribution < -0.4 is 9.47 Å². The molecule has 2 aromatic carbocycles. The van der Waals surface area contributed by atoms with E-state index >= 15 is 0 Å². The van der Waals surface area contributed by atoms with Crippen molar-refractivity contribution < 1.29 is 19.7 Å². The average Bonchev–Trinajstić information content (AvgIpc) is 3.18. The molecule has 1 fully saturated rings. The Morgan fingerprint density at radius 2 is 1.75 bits per heavy atom. The minimum Gasteiger partial charge on any atom is -0.490 e. The molecule has 0 aromatic heterocycles. The van der Waals surface area contributed by atoms with Crippen molar-refractivity contribution in [3.8, 4) is 11.5 Å². The topological polar surface area (TPSA) is 58.9 Å². The van der Waals surface area contributed by atoms with Gasteiger partial charge in [-0.2, -0.15) is 0 Å². The lowest BCUT2D eigenvalue weighted by Gasteiger charge is -2.30. The molecule has 2 aliphatic rings. The maximum absolute atomic E-state index is 9.84. The molecule has 4 nitrogen and oxygen atoms in total. The maximum Gasteiger partial charge on any atom is 0.131 e. The van der Waals surface area contributed by atoms with Crippen molar-refractivity contribution >= 4 is 10.8 Å². The number of benzene rings is 2. The minimum absolute atomic E-state index is 0.0919. The van der Waals surface area contributed by atoms with E-state index < -0.39 is 12.2 Å². The highest BCUT2D eigenvalue weighted by Crippen LogP contribution is 2.64. The highest BCUT2D eigenvalue weighted by atomic mass is 16.5. The Labute approximate surface area is 167 Å². The van der Waals surface area contributed by atoms with Gasteiger partial charge in [0.2, 0.25) is 0 Å². The Hall–Kier alpha value is -1.78. The van der Waals surface area contributed by atoms with Gasteiger partial charge in [0.05, 0.1) is 12.2 Å². The Morgan fingerprint density at radius 1 is 1.07 bits per heavy atom. The summed E-state index contributed by atoms with van der Waals surface area (Å²) in [6, 6.07) is 6.49. The zero-order valence-electron chi connectivity index (χ0n) is 17.4. The molecule has 4 heteroatoms. The van der Waals surface area contributed by atoms with Gasteiger partial charge in [-0.3, -0.25) is 0 Å². The molecule has 2 N–H and O–H groups in total. The number of aliphatic hydroxyl groups is 2. The molecule has 4 rings (SSSR count). The fourth-order valence-corrected chi connectivity index (χ4v) is 5.13. The van der Waals surface area contributed by atoms with Crippen molar-refractivity contribution in [2.45, 2.75) is 76.9 Å². The summed E-state index contributed by atoms with van der Waals surface area (Å²) >= 11 is 0. The van der Waals surface area contributed by atoms with Gasteiger partial charge < -0.3 is 19.7 Å². The Kier molecular flexibility index (Phi) is 5.05. The normalized spacial score (nSPS) is 25.0. The lowest BCUT2D eigenvalue weighted by Crippen LogP contribution is -2.21. The van der Waals surface area contributed by atoms with Crippen LogP contribution in [0.4, 0.5) is 0 Å². The number of rotatable bonds is 7. The van der Waals surface area contributed by atoms with Crippen molar-refractivity contribution in [3.05, 3.63) is 34.9 Å². The third kappa shape index (κ3) is 3.17. The summed E-state index contributed by atoms with van der Waals surface area (Å²) < 4.78 is 12.5. The number of aryl methyl sites for hydroxylation is 1. The summed E-state index contributed by atoms with van der Waals surface area (Å²) in [5.41, 5.74) is 3.89. The van der Waals surface area contributed by atoms with E-state index in [0.717, 1.165) is 41.5 Å². The van der Waals surface area contributed by atoms with E-state index in [0.29, 0.717) is 5.92 Å². The van der Waals surface area contributed by atoms with Gasteiger partial charge in [-0.1, -0.05) is 26.0 Å². The molecule has 2 aromatic rings. The molecule has 2 bridgehead atoms. The Morgan fingerprint density at radius 3 is 2.39 bits per heavy atom. The first-order valence-corrected chi connectivity index (χ1v) is 10.6. The van der Waals surface area contributed by atoms with Crippen molar-refractivity contribution in [3.63, 3.8) is 0 Å². The number of hydrogen-bond donors (Lipinski definition) is 2. The van der Waals surface area contributed by atoms with E-state index in [1.807, 2.05) is 0 Å². The van der Waals surface area contributed by atoms with E-state index in [2.05, 4.69) is 32.0 Å². The first kappa shape index (κ1) is 19.5. The second-order valence-corrected chi connectivity index (χ2v) is 9.00. The Bertz CT molecular complexity index is 886. The fraction of sp³-hybridized carbons (Fsp3) is 0.583. The SMILES string of the molecule is CCc1ccc2c(OCC(C)O)c3c(c(OCC(C)O)c2c1)C1CCC3(C)C1. The summed E-state index contributed by atoms with van der Waals surface area (Å²) in [4.78, 5) is 0. The van der Waals surface area contributed by atoms with Gasteiger partial charge >= 0.3 is 0 Å². The zero-order valence-corrected chi connectivity index (χ0v) is 17.4. The predicted molar refractivity (Wildman–Crippen MR) is 112 cm³/mol. The second-order valence-electron chi connectivity index (χ2n) is 9.00. The highest BCUT2D eigenvalue weighted by molar-refractivity contribution is 5.98. The molecule has 2 aliphatic carbocycles. The van der Waals surface area contributed by atoms with Crippen LogP contribution in [0.3, 0.4) is 0 Å². The summed E-state index contributed by atoms with van der Waals surface area (Å²) in [5.74, 6) is 2.33. The molecule has 4 atom stereocenters. The van der Waals surface area contributed by atoms with Gasteiger partial charge in [0.25, 0.3) is 0 Å². The quantitative estimate of drug-likeness (QED) is 0.740. The van der Waals surface area contributed by atoms with E-state index in [1.54, 1.807) is 13.8 Å². The van der Waals surface area contributed by atoms with E-state index in [9.17, 15) is 10.2 Å². The Balaban J connectivity index is 1.98. The van der Waals surface area contributed by atoms with Crippen molar-refractivity contribution in [1.29, 1.82) is 0 Å². The fourth-order valence-electron chi connectivity index (χ4n) is 5.13. The molecule has 0 spiro atoms. The number of ether oxygens (including phenoxy) is 2. The summed E-state index contributed by atoms with van der Waals surface area (Å²) in [6.45, 7) is 8.57. The molecule has 0 heterocycles. The number of hydrogen-bond acceptors (Lipinski definition) is 4. The van der Waals surface area contributed by atoms with Crippen LogP contribution in [0.2, 0.25) is 0 Å². The third-order valence-corrected chi connectivity index (χ3v) is 6.41. The van der Waals surface area contributed by atoms with Crippen molar-refractivity contribution in [2.75, 3.05) is 13.2 Å². The first-order valence-electron chi connectivity index (χ1n) is 10.6. The van der Waals surface area contributed by atoms with Gasteiger partial charge in [-0.25, -0.2) is 0 Å². The molecular formula is C24H32O4. The summed E-state index contributed by atoms with van der Waals surface area (Å²) in [7, 11) is 0. The molecular weight excluding hydrogens is 352 g/mol. The van der Waals surface area contributed by atoms with Crippen LogP contribution in [-0.4, -0.2) is 35.6 Å². The van der Waals surface area contributed by atoms with E-state index in [1.165, 1.54) is 23.1 Å². The van der Waals surface area contributed by atoms with Crippen LogP contribution in [-0.2, 0) is 11.8 Å². The molecule has 152 valence electrons. The molecule has 0 amide bonds. The highest BCUT2D eigenvalue weighted by Gasteiger charge is 2.50. The first-order chi connectivity index (χ1) is 13.3.